The number of nitrogens with zero attached hydrogens (tertiary/aromatic N) is 2. The minimum atomic E-state index is -0.133. The zero-order valence-corrected chi connectivity index (χ0v) is 19.6. The SMILES string of the molecule is CCNC(=NCc1cccc(COC(C)(C)C)c1)N1CCC(OCCCOC)CC1. The number of hydrogen-bond donors (Lipinski definition) is 1. The number of methoxy groups -OCH3 is 1. The number of ether oxygens (including phenoxy) is 3. The highest BCUT2D eigenvalue weighted by Crippen LogP contribution is 2.16. The first-order chi connectivity index (χ1) is 14.4. The Morgan fingerprint density at radius 3 is 2.57 bits per heavy atom. The van der Waals surface area contributed by atoms with E-state index in [1.165, 1.54) is 11.1 Å². The van der Waals surface area contributed by atoms with Crippen molar-refractivity contribution in [2.24, 2.45) is 4.99 Å². The summed E-state index contributed by atoms with van der Waals surface area (Å²) < 4.78 is 17.0. The highest BCUT2D eigenvalue weighted by molar-refractivity contribution is 5.80. The van der Waals surface area contributed by atoms with E-state index in [1.54, 1.807) is 7.11 Å². The molecule has 1 N–H and O–H groups in total. The first kappa shape index (κ1) is 24.6. The third-order valence-electron chi connectivity index (χ3n) is 5.00. The van der Waals surface area contributed by atoms with Crippen molar-refractivity contribution in [3.8, 4) is 0 Å². The molecule has 1 saturated heterocycles. The van der Waals surface area contributed by atoms with Crippen LogP contribution >= 0.6 is 0 Å². The summed E-state index contributed by atoms with van der Waals surface area (Å²) in [4.78, 5) is 7.25. The second-order valence-corrected chi connectivity index (χ2v) is 8.79. The molecule has 2 rings (SSSR count). The van der Waals surface area contributed by atoms with E-state index in [0.717, 1.165) is 58.1 Å². The number of nitrogens with one attached hydrogen (secondary N) is 1. The number of rotatable bonds is 10. The van der Waals surface area contributed by atoms with Crippen LogP contribution in [0.2, 0.25) is 0 Å². The average Bonchev–Trinajstić information content (AvgIpc) is 2.73. The zero-order valence-electron chi connectivity index (χ0n) is 19.6. The lowest BCUT2D eigenvalue weighted by Gasteiger charge is -2.34. The van der Waals surface area contributed by atoms with Crippen molar-refractivity contribution < 1.29 is 14.2 Å². The van der Waals surface area contributed by atoms with Gasteiger partial charge in [-0.25, -0.2) is 4.99 Å². The maximum atomic E-state index is 5.98. The topological polar surface area (TPSA) is 55.3 Å². The molecule has 1 aliphatic heterocycles. The third-order valence-corrected chi connectivity index (χ3v) is 5.00. The van der Waals surface area contributed by atoms with Crippen molar-refractivity contribution in [3.63, 3.8) is 0 Å². The van der Waals surface area contributed by atoms with Gasteiger partial charge < -0.3 is 24.4 Å². The Balaban J connectivity index is 1.87. The molecule has 0 unspecified atom stereocenters. The van der Waals surface area contributed by atoms with E-state index in [1.807, 2.05) is 0 Å². The molecule has 1 aromatic rings. The summed E-state index contributed by atoms with van der Waals surface area (Å²) >= 11 is 0. The van der Waals surface area contributed by atoms with Crippen LogP contribution in [0.4, 0.5) is 0 Å². The van der Waals surface area contributed by atoms with Gasteiger partial charge in [0.1, 0.15) is 0 Å². The second-order valence-electron chi connectivity index (χ2n) is 8.79. The van der Waals surface area contributed by atoms with Gasteiger partial charge >= 0.3 is 0 Å². The average molecular weight is 420 g/mol. The number of aliphatic imine (C=N–C) groups is 1. The minimum absolute atomic E-state index is 0.133. The van der Waals surface area contributed by atoms with Gasteiger partial charge in [0.25, 0.3) is 0 Å². The zero-order chi connectivity index (χ0) is 21.8. The number of guanidine groups is 1. The lowest BCUT2D eigenvalue weighted by molar-refractivity contribution is -0.0149. The number of hydrogen-bond acceptors (Lipinski definition) is 4. The molecule has 0 bridgehead atoms. The van der Waals surface area contributed by atoms with E-state index in [9.17, 15) is 0 Å². The van der Waals surface area contributed by atoms with Gasteiger partial charge in [-0.2, -0.15) is 0 Å². The van der Waals surface area contributed by atoms with Gasteiger partial charge in [0.05, 0.1) is 24.9 Å². The van der Waals surface area contributed by atoms with E-state index in [2.05, 4.69) is 62.2 Å². The van der Waals surface area contributed by atoms with Gasteiger partial charge in [-0.15, -0.1) is 0 Å². The Morgan fingerprint density at radius 2 is 1.90 bits per heavy atom. The van der Waals surface area contributed by atoms with Gasteiger partial charge in [0.15, 0.2) is 5.96 Å². The highest BCUT2D eigenvalue weighted by atomic mass is 16.5. The van der Waals surface area contributed by atoms with Crippen molar-refractivity contribution in [3.05, 3.63) is 35.4 Å². The Bertz CT molecular complexity index is 635. The molecular weight excluding hydrogens is 378 g/mol. The van der Waals surface area contributed by atoms with Crippen LogP contribution in [0.5, 0.6) is 0 Å². The molecule has 1 aromatic carbocycles. The van der Waals surface area contributed by atoms with Crippen molar-refractivity contribution in [2.75, 3.05) is 40.0 Å². The van der Waals surface area contributed by atoms with E-state index >= 15 is 0 Å². The molecule has 1 aliphatic rings. The van der Waals surface area contributed by atoms with Crippen LogP contribution in [0.3, 0.4) is 0 Å². The maximum Gasteiger partial charge on any atom is 0.194 e. The van der Waals surface area contributed by atoms with Crippen molar-refractivity contribution in [1.82, 2.24) is 10.2 Å². The fraction of sp³-hybridized carbons (Fsp3) is 0.708. The fourth-order valence-corrected chi connectivity index (χ4v) is 3.40. The predicted octanol–water partition coefficient (Wildman–Crippen LogP) is 3.98. The summed E-state index contributed by atoms with van der Waals surface area (Å²) in [5, 5.41) is 3.45. The molecule has 6 nitrogen and oxygen atoms in total. The molecule has 0 aromatic heterocycles. The normalized spacial score (nSPS) is 16.2. The largest absolute Gasteiger partial charge is 0.385 e. The van der Waals surface area contributed by atoms with Crippen molar-refractivity contribution in [1.29, 1.82) is 0 Å². The summed E-state index contributed by atoms with van der Waals surface area (Å²) in [5.74, 6) is 0.992. The molecule has 0 spiro atoms. The van der Waals surface area contributed by atoms with E-state index in [0.29, 0.717) is 19.3 Å². The Morgan fingerprint density at radius 1 is 1.17 bits per heavy atom. The van der Waals surface area contributed by atoms with Gasteiger partial charge in [-0.1, -0.05) is 24.3 Å². The Labute approximate surface area is 183 Å². The lowest BCUT2D eigenvalue weighted by atomic mass is 10.1. The van der Waals surface area contributed by atoms with E-state index < -0.39 is 0 Å². The predicted molar refractivity (Wildman–Crippen MR) is 123 cm³/mol. The van der Waals surface area contributed by atoms with Crippen LogP contribution in [-0.4, -0.2) is 62.5 Å². The van der Waals surface area contributed by atoms with Gasteiger partial charge in [-0.3, -0.25) is 0 Å². The summed E-state index contributed by atoms with van der Waals surface area (Å²) in [7, 11) is 1.73. The lowest BCUT2D eigenvalue weighted by Crippen LogP contribution is -2.47. The number of piperidine rings is 1. The number of benzene rings is 1. The molecule has 0 radical (unpaired) electrons. The highest BCUT2D eigenvalue weighted by Gasteiger charge is 2.21. The second kappa shape index (κ2) is 12.9. The van der Waals surface area contributed by atoms with Crippen LogP contribution in [0.25, 0.3) is 0 Å². The molecule has 6 heteroatoms. The molecule has 0 aliphatic carbocycles. The quantitative estimate of drug-likeness (QED) is 0.353. The van der Waals surface area contributed by atoms with Crippen LogP contribution in [0.15, 0.2) is 29.3 Å². The van der Waals surface area contributed by atoms with Crippen molar-refractivity contribution >= 4 is 5.96 Å². The molecule has 30 heavy (non-hydrogen) atoms. The molecule has 1 heterocycles. The molecule has 170 valence electrons. The molecule has 0 atom stereocenters. The van der Waals surface area contributed by atoms with Crippen LogP contribution in [0, 0.1) is 0 Å². The Hall–Kier alpha value is -1.63. The van der Waals surface area contributed by atoms with Gasteiger partial charge in [0, 0.05) is 40.0 Å². The summed E-state index contributed by atoms with van der Waals surface area (Å²) in [6, 6.07) is 8.53. The van der Waals surface area contributed by atoms with Gasteiger partial charge in [-0.05, 0) is 58.1 Å². The number of likely N-dealkylation sites (tertiary alicyclic amines) is 1. The molecule has 0 saturated carbocycles. The van der Waals surface area contributed by atoms with E-state index in [4.69, 9.17) is 19.2 Å². The van der Waals surface area contributed by atoms with Crippen molar-refractivity contribution in [2.45, 2.75) is 71.8 Å². The van der Waals surface area contributed by atoms with Crippen LogP contribution in [-0.2, 0) is 27.4 Å². The smallest absolute Gasteiger partial charge is 0.194 e. The third kappa shape index (κ3) is 9.45. The summed E-state index contributed by atoms with van der Waals surface area (Å²) in [6.45, 7) is 14.0. The molecule has 1 fully saturated rings. The first-order valence-electron chi connectivity index (χ1n) is 11.3. The van der Waals surface area contributed by atoms with Crippen LogP contribution in [0.1, 0.15) is 58.1 Å². The molecule has 0 amide bonds. The maximum absolute atomic E-state index is 5.98. The standard InChI is InChI=1S/C24H41N3O3/c1-6-25-23(27-13-11-22(12-14-27)29-16-8-15-28-5)26-18-20-9-7-10-21(17-20)19-30-24(2,3)4/h7,9-10,17,22H,6,8,11-16,18-19H2,1-5H3,(H,25,26). The monoisotopic (exact) mass is 419 g/mol. The minimum Gasteiger partial charge on any atom is -0.385 e. The summed E-state index contributed by atoms with van der Waals surface area (Å²) in [6.07, 6.45) is 3.38. The summed E-state index contributed by atoms with van der Waals surface area (Å²) in [5.41, 5.74) is 2.26. The van der Waals surface area contributed by atoms with E-state index in [-0.39, 0.29) is 5.60 Å². The van der Waals surface area contributed by atoms with Crippen LogP contribution < -0.4 is 5.32 Å². The Kier molecular flexibility index (Phi) is 10.6. The van der Waals surface area contributed by atoms with Gasteiger partial charge in [0.2, 0.25) is 0 Å². The fourth-order valence-electron chi connectivity index (χ4n) is 3.40. The molecular formula is C24H41N3O3. The first-order valence-corrected chi connectivity index (χ1v) is 11.3.